The maximum atomic E-state index is 13.7. The Kier molecular flexibility index (Phi) is 5.46. The first-order chi connectivity index (χ1) is 10.5. The Hall–Kier alpha value is -1.98. The lowest BCUT2D eigenvalue weighted by molar-refractivity contribution is 0.234. The SMILES string of the molecule is Cc1ccc(S(=O)(=O)OCC(F)/C=C/c2ccccc2)cc1. The van der Waals surface area contributed by atoms with Gasteiger partial charge in [0.15, 0.2) is 0 Å². The van der Waals surface area contributed by atoms with Crippen LogP contribution in [-0.4, -0.2) is 21.2 Å². The van der Waals surface area contributed by atoms with E-state index in [1.165, 1.54) is 18.2 Å². The molecule has 0 saturated heterocycles. The second kappa shape index (κ2) is 7.33. The van der Waals surface area contributed by atoms with E-state index >= 15 is 0 Å². The van der Waals surface area contributed by atoms with E-state index in [-0.39, 0.29) is 4.90 Å². The average Bonchev–Trinajstić information content (AvgIpc) is 2.52. The third-order valence-corrected chi connectivity index (χ3v) is 4.29. The highest BCUT2D eigenvalue weighted by Gasteiger charge is 2.16. The van der Waals surface area contributed by atoms with Gasteiger partial charge >= 0.3 is 0 Å². The molecule has 2 aromatic carbocycles. The van der Waals surface area contributed by atoms with Gasteiger partial charge < -0.3 is 0 Å². The molecule has 116 valence electrons. The summed E-state index contributed by atoms with van der Waals surface area (Å²) in [6, 6.07) is 15.4. The van der Waals surface area contributed by atoms with E-state index in [2.05, 4.69) is 0 Å². The number of rotatable bonds is 6. The molecular formula is C17H17FO3S. The van der Waals surface area contributed by atoms with Crippen molar-refractivity contribution in [2.45, 2.75) is 18.0 Å². The van der Waals surface area contributed by atoms with E-state index in [1.54, 1.807) is 18.2 Å². The highest BCUT2D eigenvalue weighted by molar-refractivity contribution is 7.86. The third-order valence-electron chi connectivity index (χ3n) is 2.99. The van der Waals surface area contributed by atoms with Gasteiger partial charge in [-0.05, 0) is 30.7 Å². The highest BCUT2D eigenvalue weighted by Crippen LogP contribution is 2.14. The smallest absolute Gasteiger partial charge is 0.263 e. The highest BCUT2D eigenvalue weighted by atomic mass is 32.2. The lowest BCUT2D eigenvalue weighted by atomic mass is 10.2. The molecule has 0 aliphatic rings. The molecule has 2 rings (SSSR count). The standard InChI is InChI=1S/C17H17FO3S/c1-14-7-11-17(12-8-14)22(19,20)21-13-16(18)10-9-15-5-3-2-4-6-15/h2-12,16H,13H2,1H3/b10-9+. The van der Waals surface area contributed by atoms with Crippen LogP contribution < -0.4 is 0 Å². The zero-order chi connectivity index (χ0) is 16.0. The summed E-state index contributed by atoms with van der Waals surface area (Å²) in [4.78, 5) is 0.0253. The van der Waals surface area contributed by atoms with Crippen molar-refractivity contribution in [2.24, 2.45) is 0 Å². The number of hydrogen-bond donors (Lipinski definition) is 0. The van der Waals surface area contributed by atoms with Gasteiger partial charge in [0, 0.05) is 0 Å². The molecule has 5 heteroatoms. The second-order valence-corrected chi connectivity index (χ2v) is 6.45. The van der Waals surface area contributed by atoms with Crippen LogP contribution in [0.25, 0.3) is 6.08 Å². The van der Waals surface area contributed by atoms with E-state index in [9.17, 15) is 12.8 Å². The van der Waals surface area contributed by atoms with Crippen LogP contribution >= 0.6 is 0 Å². The summed E-state index contributed by atoms with van der Waals surface area (Å²) >= 11 is 0. The van der Waals surface area contributed by atoms with Crippen molar-refractivity contribution in [2.75, 3.05) is 6.61 Å². The molecule has 0 fully saturated rings. The number of benzene rings is 2. The number of halogens is 1. The van der Waals surface area contributed by atoms with Crippen LogP contribution in [0.15, 0.2) is 65.6 Å². The zero-order valence-corrected chi connectivity index (χ0v) is 13.0. The topological polar surface area (TPSA) is 43.4 Å². The Labute approximate surface area is 130 Å². The summed E-state index contributed by atoms with van der Waals surface area (Å²) in [5.74, 6) is 0. The van der Waals surface area contributed by atoms with Gasteiger partial charge in [0.2, 0.25) is 0 Å². The molecule has 0 amide bonds. The molecule has 0 aliphatic heterocycles. The monoisotopic (exact) mass is 320 g/mol. The zero-order valence-electron chi connectivity index (χ0n) is 12.1. The summed E-state index contributed by atoms with van der Waals surface area (Å²) in [6.07, 6.45) is 1.37. The van der Waals surface area contributed by atoms with Gasteiger partial charge in [-0.1, -0.05) is 54.1 Å². The average molecular weight is 320 g/mol. The number of hydrogen-bond acceptors (Lipinski definition) is 3. The predicted octanol–water partition coefficient (Wildman–Crippen LogP) is 3.75. The van der Waals surface area contributed by atoms with E-state index in [0.717, 1.165) is 11.1 Å². The van der Waals surface area contributed by atoms with Crippen molar-refractivity contribution in [1.29, 1.82) is 0 Å². The number of aryl methyl sites for hydroxylation is 1. The van der Waals surface area contributed by atoms with Gasteiger partial charge in [0.1, 0.15) is 12.8 Å². The van der Waals surface area contributed by atoms with Crippen molar-refractivity contribution >= 4 is 16.2 Å². The van der Waals surface area contributed by atoms with Crippen LogP contribution in [0.3, 0.4) is 0 Å². The van der Waals surface area contributed by atoms with Crippen LogP contribution in [0, 0.1) is 6.92 Å². The molecule has 2 aromatic rings. The molecule has 22 heavy (non-hydrogen) atoms. The Morgan fingerprint density at radius 1 is 1.09 bits per heavy atom. The summed E-state index contributed by atoms with van der Waals surface area (Å²) in [5, 5.41) is 0. The fraction of sp³-hybridized carbons (Fsp3) is 0.176. The molecule has 1 atom stereocenters. The molecule has 3 nitrogen and oxygen atoms in total. The molecular weight excluding hydrogens is 303 g/mol. The first-order valence-corrected chi connectivity index (χ1v) is 8.21. The van der Waals surface area contributed by atoms with E-state index in [0.29, 0.717) is 0 Å². The van der Waals surface area contributed by atoms with Crippen LogP contribution in [0.1, 0.15) is 11.1 Å². The minimum atomic E-state index is -3.93. The minimum Gasteiger partial charge on any atom is -0.263 e. The summed E-state index contributed by atoms with van der Waals surface area (Å²) in [6.45, 7) is 1.31. The van der Waals surface area contributed by atoms with Crippen LogP contribution in [0.2, 0.25) is 0 Å². The van der Waals surface area contributed by atoms with Crippen molar-refractivity contribution < 1.29 is 17.0 Å². The van der Waals surface area contributed by atoms with Crippen LogP contribution in [0.5, 0.6) is 0 Å². The van der Waals surface area contributed by atoms with E-state index < -0.39 is 22.9 Å². The maximum Gasteiger partial charge on any atom is 0.297 e. The maximum absolute atomic E-state index is 13.7. The molecule has 0 radical (unpaired) electrons. The molecule has 0 saturated carbocycles. The molecule has 1 unspecified atom stereocenters. The lowest BCUT2D eigenvalue weighted by Crippen LogP contribution is -2.14. The number of alkyl halides is 1. The van der Waals surface area contributed by atoms with Gasteiger partial charge in [-0.15, -0.1) is 0 Å². The minimum absolute atomic E-state index is 0.0253. The summed E-state index contributed by atoms with van der Waals surface area (Å²) in [7, 11) is -3.93. The first kappa shape index (κ1) is 16.4. The molecule has 0 aliphatic carbocycles. The normalized spacial score (nSPS) is 13.4. The lowest BCUT2D eigenvalue weighted by Gasteiger charge is -2.07. The molecule has 0 bridgehead atoms. The van der Waals surface area contributed by atoms with Crippen molar-refractivity contribution in [3.63, 3.8) is 0 Å². The van der Waals surface area contributed by atoms with Gasteiger partial charge in [-0.2, -0.15) is 8.42 Å². The van der Waals surface area contributed by atoms with Crippen molar-refractivity contribution in [1.82, 2.24) is 0 Å². The van der Waals surface area contributed by atoms with Crippen molar-refractivity contribution in [3.8, 4) is 0 Å². The fourth-order valence-electron chi connectivity index (χ4n) is 1.76. The van der Waals surface area contributed by atoms with Crippen molar-refractivity contribution in [3.05, 3.63) is 71.8 Å². The Morgan fingerprint density at radius 2 is 1.73 bits per heavy atom. The Morgan fingerprint density at radius 3 is 2.36 bits per heavy atom. The van der Waals surface area contributed by atoms with Gasteiger partial charge in [0.05, 0.1) is 4.90 Å². The Bertz CT molecular complexity index is 722. The van der Waals surface area contributed by atoms with Crippen LogP contribution in [-0.2, 0) is 14.3 Å². The third kappa shape index (κ3) is 4.79. The molecule has 0 N–H and O–H groups in total. The molecule has 0 spiro atoms. The first-order valence-electron chi connectivity index (χ1n) is 6.81. The molecule has 0 aromatic heterocycles. The van der Waals surface area contributed by atoms with E-state index in [4.69, 9.17) is 4.18 Å². The second-order valence-electron chi connectivity index (χ2n) is 4.84. The fourth-order valence-corrected chi connectivity index (χ4v) is 2.68. The van der Waals surface area contributed by atoms with Gasteiger partial charge in [0.25, 0.3) is 10.1 Å². The summed E-state index contributed by atoms with van der Waals surface area (Å²) < 4.78 is 42.3. The van der Waals surface area contributed by atoms with Gasteiger partial charge in [-0.3, -0.25) is 4.18 Å². The largest absolute Gasteiger partial charge is 0.297 e. The predicted molar refractivity (Wildman–Crippen MR) is 84.7 cm³/mol. The summed E-state index contributed by atoms with van der Waals surface area (Å²) in [5.41, 5.74) is 1.78. The van der Waals surface area contributed by atoms with Gasteiger partial charge in [-0.25, -0.2) is 4.39 Å². The quantitative estimate of drug-likeness (QED) is 0.761. The Balaban J connectivity index is 1.94. The van der Waals surface area contributed by atoms with E-state index in [1.807, 2.05) is 37.3 Å². The molecule has 0 heterocycles. The van der Waals surface area contributed by atoms with Crippen LogP contribution in [0.4, 0.5) is 4.39 Å².